The van der Waals surface area contributed by atoms with Crippen molar-refractivity contribution in [3.63, 3.8) is 0 Å². The van der Waals surface area contributed by atoms with E-state index < -0.39 is 0 Å². The van der Waals surface area contributed by atoms with Gasteiger partial charge in [0, 0.05) is 26.6 Å². The molecule has 0 fully saturated rings. The average Bonchev–Trinajstić information content (AvgIpc) is 3.85. The van der Waals surface area contributed by atoms with Crippen LogP contribution in [0, 0.1) is 0 Å². The van der Waals surface area contributed by atoms with Gasteiger partial charge in [-0.1, -0.05) is 74.1 Å². The molecule has 0 N–H and O–H groups in total. The summed E-state index contributed by atoms with van der Waals surface area (Å²) in [6.07, 6.45) is 0. The molecule has 0 atom stereocenters. The topological polar surface area (TPSA) is 44.5 Å². The second-order valence-corrected chi connectivity index (χ2v) is 14.3. The molecule has 0 unspecified atom stereocenters. The minimum absolute atomic E-state index is 0.249. The zero-order valence-electron chi connectivity index (χ0n) is 26.3. The van der Waals surface area contributed by atoms with Crippen molar-refractivity contribution in [1.29, 1.82) is 0 Å². The van der Waals surface area contributed by atoms with Gasteiger partial charge in [-0.05, 0) is 96.1 Å². The molecule has 5 heterocycles. The van der Waals surface area contributed by atoms with Crippen molar-refractivity contribution >= 4 is 67.5 Å². The highest BCUT2D eigenvalue weighted by Crippen LogP contribution is 2.50. The van der Waals surface area contributed by atoms with E-state index >= 15 is 0 Å². The third-order valence-corrected chi connectivity index (χ3v) is 11.4. The summed E-state index contributed by atoms with van der Waals surface area (Å²) in [6.45, 7) is 4.72. The Labute approximate surface area is 279 Å². The predicted molar refractivity (Wildman–Crippen MR) is 195 cm³/mol. The third-order valence-electron chi connectivity index (χ3n) is 10.2. The molecule has 11 rings (SSSR count). The molecular formula is C41H28N6S. The van der Waals surface area contributed by atoms with Crippen LogP contribution in [0.3, 0.4) is 0 Å². The number of fused-ring (bicyclic) bond motifs is 12. The van der Waals surface area contributed by atoms with Gasteiger partial charge in [-0.15, -0.1) is 0 Å². The average molecular weight is 637 g/mol. The van der Waals surface area contributed by atoms with Crippen molar-refractivity contribution in [3.8, 4) is 11.4 Å². The first-order valence-corrected chi connectivity index (χ1v) is 17.1. The number of aromatic nitrogens is 6. The molecule has 0 radical (unpaired) electrons. The number of imidazole rings is 4. The minimum Gasteiger partial charge on any atom is -0.278 e. The predicted octanol–water partition coefficient (Wildman–Crippen LogP) is 9.97. The van der Waals surface area contributed by atoms with Crippen LogP contribution in [-0.2, 0) is 5.41 Å². The zero-order valence-corrected chi connectivity index (χ0v) is 27.1. The van der Waals surface area contributed by atoms with Gasteiger partial charge in [0.1, 0.15) is 0 Å². The molecular weight excluding hydrogens is 609 g/mol. The summed E-state index contributed by atoms with van der Waals surface area (Å²) < 4.78 is 9.20. The first kappa shape index (κ1) is 26.3. The van der Waals surface area contributed by atoms with E-state index in [2.05, 4.69) is 165 Å². The van der Waals surface area contributed by atoms with Gasteiger partial charge in [0.05, 0.1) is 44.1 Å². The van der Waals surface area contributed by atoms with E-state index in [9.17, 15) is 0 Å². The molecule has 4 aromatic heterocycles. The number of nitrogens with zero attached hydrogens (tertiary/aromatic N) is 6. The van der Waals surface area contributed by atoms with Gasteiger partial charge in [0.2, 0.25) is 11.6 Å². The summed E-state index contributed by atoms with van der Waals surface area (Å²) >= 11 is 1.86. The first-order chi connectivity index (χ1) is 23.6. The molecule has 10 aromatic rings. The Morgan fingerprint density at radius 1 is 0.458 bits per heavy atom. The molecule has 0 saturated heterocycles. The van der Waals surface area contributed by atoms with Crippen molar-refractivity contribution in [1.82, 2.24) is 27.9 Å². The van der Waals surface area contributed by atoms with E-state index in [4.69, 9.17) is 9.97 Å². The van der Waals surface area contributed by atoms with Gasteiger partial charge in [0.25, 0.3) is 0 Å². The maximum Gasteiger partial charge on any atom is 0.220 e. The van der Waals surface area contributed by atoms with Gasteiger partial charge in [-0.2, -0.15) is 0 Å². The third kappa shape index (κ3) is 3.33. The summed E-state index contributed by atoms with van der Waals surface area (Å²) in [4.78, 5) is 12.8. The van der Waals surface area contributed by atoms with Crippen LogP contribution in [0.2, 0.25) is 0 Å². The summed E-state index contributed by atoms with van der Waals surface area (Å²) in [5, 5.41) is 0. The van der Waals surface area contributed by atoms with E-state index in [1.807, 2.05) is 11.8 Å². The molecule has 1 aliphatic rings. The van der Waals surface area contributed by atoms with Crippen LogP contribution in [0.4, 0.5) is 0 Å². The molecule has 7 heteroatoms. The lowest BCUT2D eigenvalue weighted by Crippen LogP contribution is -2.24. The zero-order chi connectivity index (χ0) is 31.7. The summed E-state index contributed by atoms with van der Waals surface area (Å²) in [6, 6.07) is 47.8. The smallest absolute Gasteiger partial charge is 0.220 e. The highest BCUT2D eigenvalue weighted by molar-refractivity contribution is 7.99. The summed E-state index contributed by atoms with van der Waals surface area (Å²) in [7, 11) is 0. The van der Waals surface area contributed by atoms with E-state index in [1.165, 1.54) is 20.9 Å². The largest absolute Gasteiger partial charge is 0.278 e. The maximum absolute atomic E-state index is 5.13. The van der Waals surface area contributed by atoms with Crippen LogP contribution in [0.5, 0.6) is 0 Å². The summed E-state index contributed by atoms with van der Waals surface area (Å²) in [5.41, 5.74) is 13.4. The second kappa shape index (κ2) is 9.18. The van der Waals surface area contributed by atoms with Crippen molar-refractivity contribution in [2.75, 3.05) is 0 Å². The number of benzene rings is 6. The quantitative estimate of drug-likeness (QED) is 0.190. The Morgan fingerprint density at radius 2 is 0.854 bits per heavy atom. The van der Waals surface area contributed by atoms with Gasteiger partial charge in [-0.3, -0.25) is 17.9 Å². The summed E-state index contributed by atoms with van der Waals surface area (Å²) in [5.74, 6) is 1.86. The van der Waals surface area contributed by atoms with E-state index in [1.54, 1.807) is 0 Å². The molecule has 48 heavy (non-hydrogen) atoms. The lowest BCUT2D eigenvalue weighted by atomic mass is 9.77. The molecule has 6 aromatic carbocycles. The van der Waals surface area contributed by atoms with E-state index in [0.29, 0.717) is 0 Å². The van der Waals surface area contributed by atoms with Crippen LogP contribution >= 0.6 is 11.8 Å². The lowest BCUT2D eigenvalue weighted by molar-refractivity contribution is 0.606. The van der Waals surface area contributed by atoms with Crippen LogP contribution < -0.4 is 0 Å². The fourth-order valence-corrected chi connectivity index (χ4v) is 9.30. The first-order valence-electron chi connectivity index (χ1n) is 16.3. The SMILES string of the molecule is CC1(C)c2cc(-n3c4ccccc4n4c5ccccc5nc34)ccc2Sc2ccc(-n3c4ccccc4n4c5ccccc5nc34)cc21. The van der Waals surface area contributed by atoms with E-state index in [-0.39, 0.29) is 5.41 Å². The molecule has 0 bridgehead atoms. The monoisotopic (exact) mass is 636 g/mol. The standard InChI is InChI=1S/C41H28N6S/c1-41(2)27-23-25(44-33-15-7-9-17-35(33)46-31-13-5-3-11-29(31)42-39(44)46)19-21-37(27)48-38-22-20-26(24-28(38)41)45-34-16-8-10-18-36(34)47-32-14-6-4-12-30(32)43-40(45)47/h3-24H,1-2H3. The lowest BCUT2D eigenvalue weighted by Gasteiger charge is -2.35. The maximum atomic E-state index is 5.13. The second-order valence-electron chi connectivity index (χ2n) is 13.2. The van der Waals surface area contributed by atoms with Crippen LogP contribution in [0.1, 0.15) is 25.0 Å². The Morgan fingerprint density at radius 3 is 1.31 bits per heavy atom. The fourth-order valence-electron chi connectivity index (χ4n) is 7.94. The van der Waals surface area contributed by atoms with Gasteiger partial charge in [0.15, 0.2) is 0 Å². The number of para-hydroxylation sites is 8. The molecule has 0 saturated carbocycles. The van der Waals surface area contributed by atoms with Crippen LogP contribution in [0.25, 0.3) is 67.1 Å². The van der Waals surface area contributed by atoms with E-state index in [0.717, 1.165) is 67.1 Å². The van der Waals surface area contributed by atoms with Crippen molar-refractivity contribution in [2.45, 2.75) is 29.1 Å². The Kier molecular flexibility index (Phi) is 5.03. The Balaban J connectivity index is 1.11. The molecule has 1 aliphatic heterocycles. The molecule has 6 nitrogen and oxygen atoms in total. The van der Waals surface area contributed by atoms with Crippen molar-refractivity contribution in [3.05, 3.63) is 145 Å². The van der Waals surface area contributed by atoms with Crippen LogP contribution in [0.15, 0.2) is 143 Å². The number of hydrogen-bond acceptors (Lipinski definition) is 3. The number of hydrogen-bond donors (Lipinski definition) is 0. The minimum atomic E-state index is -0.249. The molecule has 0 aliphatic carbocycles. The Bertz CT molecular complexity index is 2770. The van der Waals surface area contributed by atoms with Gasteiger partial charge < -0.3 is 0 Å². The van der Waals surface area contributed by atoms with Crippen molar-refractivity contribution in [2.24, 2.45) is 0 Å². The highest BCUT2D eigenvalue weighted by atomic mass is 32.2. The van der Waals surface area contributed by atoms with Crippen LogP contribution in [-0.4, -0.2) is 27.9 Å². The highest BCUT2D eigenvalue weighted by Gasteiger charge is 2.34. The molecule has 228 valence electrons. The normalized spacial score (nSPS) is 14.1. The van der Waals surface area contributed by atoms with Gasteiger partial charge in [-0.25, -0.2) is 9.97 Å². The van der Waals surface area contributed by atoms with Crippen molar-refractivity contribution < 1.29 is 0 Å². The molecule has 0 amide bonds. The fraction of sp³-hybridized carbons (Fsp3) is 0.0732. The van der Waals surface area contributed by atoms with Gasteiger partial charge >= 0.3 is 0 Å². The Hall–Kier alpha value is -5.79. The number of rotatable bonds is 2. The molecule has 0 spiro atoms.